The van der Waals surface area contributed by atoms with E-state index in [0.29, 0.717) is 22.4 Å². The summed E-state index contributed by atoms with van der Waals surface area (Å²) in [7, 11) is 0. The molecule has 0 fully saturated rings. The fourth-order valence-corrected chi connectivity index (χ4v) is 3.41. The quantitative estimate of drug-likeness (QED) is 0.119. The number of ether oxygens (including phenoxy) is 1. The number of amidine groups is 1. The third-order valence-corrected chi connectivity index (χ3v) is 5.06. The van der Waals surface area contributed by atoms with Gasteiger partial charge in [-0.05, 0) is 23.8 Å². The molecule has 1 aromatic heterocycles. The molecule has 3 aromatic carbocycles. The molecule has 0 amide bonds. The van der Waals surface area contributed by atoms with Crippen LogP contribution < -0.4 is 16.3 Å². The highest BCUT2D eigenvalue weighted by Gasteiger charge is 2.24. The van der Waals surface area contributed by atoms with E-state index in [-0.39, 0.29) is 23.2 Å². The van der Waals surface area contributed by atoms with Gasteiger partial charge >= 0.3 is 0 Å². The van der Waals surface area contributed by atoms with Crippen LogP contribution in [0.1, 0.15) is 11.7 Å². The molecule has 33 heavy (non-hydrogen) atoms. The summed E-state index contributed by atoms with van der Waals surface area (Å²) in [5, 5.41) is 7.03. The fourth-order valence-electron chi connectivity index (χ4n) is 3.41. The van der Waals surface area contributed by atoms with Gasteiger partial charge in [-0.15, -0.1) is 5.11 Å². The van der Waals surface area contributed by atoms with Crippen LogP contribution >= 0.6 is 0 Å². The van der Waals surface area contributed by atoms with E-state index in [0.717, 1.165) is 5.56 Å². The van der Waals surface area contributed by atoms with Gasteiger partial charge < -0.3 is 16.3 Å². The fraction of sp³-hybridized carbons (Fsp3) is 0.0400. The van der Waals surface area contributed by atoms with E-state index < -0.39 is 6.10 Å². The molecule has 4 aromatic rings. The zero-order chi connectivity index (χ0) is 23.2. The number of nitrogens with two attached hydrogens (primary N) is 2. The van der Waals surface area contributed by atoms with Crippen molar-refractivity contribution >= 4 is 11.5 Å². The van der Waals surface area contributed by atoms with Gasteiger partial charge in [0.25, 0.3) is 0 Å². The summed E-state index contributed by atoms with van der Waals surface area (Å²) < 4.78 is 19.7. The molecule has 0 bridgehead atoms. The number of hydrogen-bond acceptors (Lipinski definition) is 6. The van der Waals surface area contributed by atoms with Crippen molar-refractivity contribution in [3.05, 3.63) is 102 Å². The smallest absolute Gasteiger partial charge is 0.239 e. The van der Waals surface area contributed by atoms with E-state index >= 15 is 0 Å². The highest BCUT2D eigenvalue weighted by Crippen LogP contribution is 2.38. The van der Waals surface area contributed by atoms with Gasteiger partial charge in [0.05, 0.1) is 5.69 Å². The van der Waals surface area contributed by atoms with Crippen molar-refractivity contribution in [1.82, 2.24) is 4.98 Å². The van der Waals surface area contributed by atoms with Crippen LogP contribution in [0.4, 0.5) is 10.1 Å². The Kier molecular flexibility index (Phi) is 6.36. The number of nitrogens with one attached hydrogen (secondary N) is 1. The Bertz CT molecular complexity index is 1280. The van der Waals surface area contributed by atoms with Crippen molar-refractivity contribution in [3.8, 4) is 28.3 Å². The molecule has 0 spiro atoms. The summed E-state index contributed by atoms with van der Waals surface area (Å²) in [6.45, 7) is 0. The summed E-state index contributed by atoms with van der Waals surface area (Å²) in [6, 6.07) is 26.5. The maximum atomic E-state index is 13.5. The Balaban J connectivity index is 1.88. The predicted molar refractivity (Wildman–Crippen MR) is 126 cm³/mol. The second-order valence-corrected chi connectivity index (χ2v) is 7.15. The summed E-state index contributed by atoms with van der Waals surface area (Å²) >= 11 is 0. The number of rotatable bonds is 6. The maximum Gasteiger partial charge on any atom is 0.239 e. The van der Waals surface area contributed by atoms with Crippen LogP contribution in [0.25, 0.3) is 22.4 Å². The first-order chi connectivity index (χ1) is 16.1. The maximum absolute atomic E-state index is 13.5. The van der Waals surface area contributed by atoms with Crippen LogP contribution in [0.3, 0.4) is 0 Å². The third kappa shape index (κ3) is 4.69. The van der Waals surface area contributed by atoms with Gasteiger partial charge in [-0.25, -0.2) is 14.9 Å². The molecule has 4 rings (SSSR count). The van der Waals surface area contributed by atoms with Gasteiger partial charge in [0.2, 0.25) is 11.7 Å². The van der Waals surface area contributed by atoms with Crippen LogP contribution in [0, 0.1) is 11.3 Å². The Labute approximate surface area is 190 Å². The van der Waals surface area contributed by atoms with E-state index in [9.17, 15) is 4.39 Å². The number of hydrazone groups is 1. The van der Waals surface area contributed by atoms with Gasteiger partial charge in [0.1, 0.15) is 11.5 Å². The van der Waals surface area contributed by atoms with Gasteiger partial charge in [-0.2, -0.15) is 5.10 Å². The molecule has 1 heterocycles. The first-order valence-corrected chi connectivity index (χ1v) is 10.1. The van der Waals surface area contributed by atoms with Crippen LogP contribution in [0.15, 0.2) is 101 Å². The van der Waals surface area contributed by atoms with Crippen molar-refractivity contribution in [3.63, 3.8) is 0 Å². The first kappa shape index (κ1) is 21.6. The Morgan fingerprint density at radius 3 is 2.15 bits per heavy atom. The minimum atomic E-state index is -0.907. The summed E-state index contributed by atoms with van der Waals surface area (Å²) in [4.78, 5) is 4.64. The molecule has 1 atom stereocenters. The van der Waals surface area contributed by atoms with E-state index in [1.54, 1.807) is 24.3 Å². The Morgan fingerprint density at radius 1 is 0.909 bits per heavy atom. The van der Waals surface area contributed by atoms with Crippen molar-refractivity contribution in [1.29, 1.82) is 5.53 Å². The molecule has 0 aliphatic carbocycles. The van der Waals surface area contributed by atoms with Gasteiger partial charge in [-0.3, -0.25) is 0 Å². The highest BCUT2D eigenvalue weighted by atomic mass is 19.1. The van der Waals surface area contributed by atoms with Crippen molar-refractivity contribution < 1.29 is 9.13 Å². The lowest BCUT2D eigenvalue weighted by atomic mass is 10.0. The van der Waals surface area contributed by atoms with Crippen molar-refractivity contribution in [2.45, 2.75) is 6.10 Å². The summed E-state index contributed by atoms with van der Waals surface area (Å²) in [5.41, 5.74) is 17.7. The molecule has 0 radical (unpaired) electrons. The molecule has 8 heteroatoms. The number of aromatic nitrogens is 1. The second-order valence-electron chi connectivity index (χ2n) is 7.15. The van der Waals surface area contributed by atoms with Gasteiger partial charge in [0, 0.05) is 16.7 Å². The SMILES string of the molecule is N=N/C(=N\N)C(Oc1nc(-c2ccccc2)cc(-c2ccc(F)cc2)c1N)c1ccccc1. The summed E-state index contributed by atoms with van der Waals surface area (Å²) in [5.74, 6) is 5.20. The van der Waals surface area contributed by atoms with E-state index in [4.69, 9.17) is 21.8 Å². The highest BCUT2D eigenvalue weighted by molar-refractivity contribution is 5.89. The Hall–Kier alpha value is -4.59. The lowest BCUT2D eigenvalue weighted by Crippen LogP contribution is -2.20. The number of nitrogen functional groups attached to an aromatic ring is 1. The van der Waals surface area contributed by atoms with E-state index in [1.807, 2.05) is 54.6 Å². The monoisotopic (exact) mass is 440 g/mol. The molecular formula is C25H21FN6O. The lowest BCUT2D eigenvalue weighted by Gasteiger charge is -2.20. The standard InChI is InChI=1S/C25H21FN6O/c26-19-13-11-16(12-14-19)20-15-21(17-7-3-1-4-8-17)30-25(22(20)27)33-23(24(31-28)32-29)18-9-5-2-6-10-18/h1-15,23,28H,27,29H2/b31-28?,32-24-. The van der Waals surface area contributed by atoms with Crippen LogP contribution in [0.2, 0.25) is 0 Å². The largest absolute Gasteiger partial charge is 0.459 e. The molecule has 7 nitrogen and oxygen atoms in total. The molecule has 0 saturated carbocycles. The topological polar surface area (TPSA) is 123 Å². The first-order valence-electron chi connectivity index (χ1n) is 10.1. The number of pyridine rings is 1. The van der Waals surface area contributed by atoms with Gasteiger partial charge in [-0.1, -0.05) is 72.8 Å². The van der Waals surface area contributed by atoms with E-state index in [2.05, 4.69) is 15.2 Å². The average Bonchev–Trinajstić information content (AvgIpc) is 2.87. The van der Waals surface area contributed by atoms with Crippen LogP contribution in [-0.4, -0.2) is 10.8 Å². The zero-order valence-electron chi connectivity index (χ0n) is 17.5. The molecular weight excluding hydrogens is 419 g/mol. The second kappa shape index (κ2) is 9.69. The zero-order valence-corrected chi connectivity index (χ0v) is 17.5. The molecule has 0 aliphatic rings. The minimum absolute atomic E-state index is 0.0455. The van der Waals surface area contributed by atoms with Gasteiger partial charge in [0.15, 0.2) is 6.10 Å². The molecule has 1 unspecified atom stereocenters. The van der Waals surface area contributed by atoms with Crippen molar-refractivity contribution in [2.75, 3.05) is 5.73 Å². The predicted octanol–water partition coefficient (Wildman–Crippen LogP) is 5.56. The van der Waals surface area contributed by atoms with E-state index in [1.165, 1.54) is 12.1 Å². The van der Waals surface area contributed by atoms with Crippen molar-refractivity contribution in [2.24, 2.45) is 16.1 Å². The number of anilines is 1. The molecule has 164 valence electrons. The normalized spacial score (nSPS) is 12.2. The summed E-state index contributed by atoms with van der Waals surface area (Å²) in [6.07, 6.45) is -0.907. The number of benzene rings is 3. The lowest BCUT2D eigenvalue weighted by molar-refractivity contribution is 0.262. The number of halogens is 1. The molecule has 0 saturated heterocycles. The number of nitrogens with zero attached hydrogens (tertiary/aromatic N) is 3. The number of hydrogen-bond donors (Lipinski definition) is 3. The van der Waals surface area contributed by atoms with Crippen LogP contribution in [-0.2, 0) is 0 Å². The van der Waals surface area contributed by atoms with Crippen LogP contribution in [0.5, 0.6) is 5.88 Å². The minimum Gasteiger partial charge on any atom is -0.459 e. The average molecular weight is 440 g/mol. The Morgan fingerprint density at radius 2 is 1.55 bits per heavy atom. The molecule has 0 aliphatic heterocycles. The third-order valence-electron chi connectivity index (χ3n) is 5.06. The molecule has 5 N–H and O–H groups in total.